The number of rotatable bonds is 2. The Bertz CT molecular complexity index is 520. The van der Waals surface area contributed by atoms with E-state index in [1.807, 2.05) is 43.3 Å². The zero-order valence-corrected chi connectivity index (χ0v) is 12.4. The molecule has 0 bridgehead atoms. The van der Waals surface area contributed by atoms with Crippen molar-refractivity contribution in [1.82, 2.24) is 0 Å². The number of hydrogen-bond acceptors (Lipinski definition) is 0. The van der Waals surface area contributed by atoms with Gasteiger partial charge in [-0.15, -0.1) is 0 Å². The van der Waals surface area contributed by atoms with E-state index in [2.05, 4.69) is 22.0 Å². The fourth-order valence-corrected chi connectivity index (χ4v) is 2.82. The van der Waals surface area contributed by atoms with Gasteiger partial charge in [-0.1, -0.05) is 63.4 Å². The predicted octanol–water partition coefficient (Wildman–Crippen LogP) is 5.79. The van der Waals surface area contributed by atoms with Gasteiger partial charge < -0.3 is 0 Å². The molecule has 0 aromatic heterocycles. The van der Waals surface area contributed by atoms with Crippen LogP contribution in [0.1, 0.15) is 21.5 Å². The van der Waals surface area contributed by atoms with E-state index >= 15 is 0 Å². The Kier molecular flexibility index (Phi) is 4.13. The normalized spacial score (nSPS) is 12.5. The second-order valence-electron chi connectivity index (χ2n) is 3.87. The molecule has 2 aromatic rings. The predicted molar refractivity (Wildman–Crippen MR) is 78.4 cm³/mol. The number of halogens is 3. The summed E-state index contributed by atoms with van der Waals surface area (Å²) in [4.78, 5) is 0.137. The monoisotopic (exact) mass is 328 g/mol. The minimum absolute atomic E-state index is 0.137. The highest BCUT2D eigenvalue weighted by Crippen LogP contribution is 2.35. The maximum atomic E-state index is 6.13. The summed E-state index contributed by atoms with van der Waals surface area (Å²) < 4.78 is 0. The average Bonchev–Trinajstić information content (AvgIpc) is 2.33. The van der Waals surface area contributed by atoms with Gasteiger partial charge in [0.15, 0.2) is 0 Å². The first-order valence-corrected chi connectivity index (χ1v) is 6.91. The quantitative estimate of drug-likeness (QED) is 0.612. The fraction of sp³-hybridized carbons (Fsp3) is 0.143. The Morgan fingerprint density at radius 2 is 1.65 bits per heavy atom. The van der Waals surface area contributed by atoms with Crippen LogP contribution < -0.4 is 0 Å². The zero-order valence-electron chi connectivity index (χ0n) is 9.25. The highest BCUT2D eigenvalue weighted by atomic mass is 79.9. The van der Waals surface area contributed by atoms with Crippen LogP contribution in [-0.2, 0) is 0 Å². The second-order valence-corrected chi connectivity index (χ2v) is 5.63. The first-order chi connectivity index (χ1) is 8.09. The van der Waals surface area contributed by atoms with Crippen LogP contribution in [-0.4, -0.2) is 0 Å². The lowest BCUT2D eigenvalue weighted by Gasteiger charge is -2.14. The van der Waals surface area contributed by atoms with Crippen molar-refractivity contribution >= 4 is 39.1 Å². The Morgan fingerprint density at radius 3 is 2.29 bits per heavy atom. The molecule has 88 valence electrons. The molecule has 3 heteroatoms. The summed E-state index contributed by atoms with van der Waals surface area (Å²) in [5.41, 5.74) is 3.45. The summed E-state index contributed by atoms with van der Waals surface area (Å²) in [6.07, 6.45) is 0. The first-order valence-electron chi connectivity index (χ1n) is 5.24. The van der Waals surface area contributed by atoms with Gasteiger partial charge in [-0.2, -0.15) is 0 Å². The van der Waals surface area contributed by atoms with Crippen LogP contribution in [0, 0.1) is 6.92 Å². The Labute approximate surface area is 120 Å². The van der Waals surface area contributed by atoms with E-state index in [1.54, 1.807) is 0 Å². The van der Waals surface area contributed by atoms with Crippen LogP contribution >= 0.6 is 39.1 Å². The Hall–Kier alpha value is -0.500. The minimum Gasteiger partial charge on any atom is -0.0843 e. The Morgan fingerprint density at radius 1 is 1.00 bits per heavy atom. The van der Waals surface area contributed by atoms with Gasteiger partial charge in [0, 0.05) is 10.0 Å². The van der Waals surface area contributed by atoms with Crippen LogP contribution in [0.25, 0.3) is 0 Å². The number of hydrogen-bond donors (Lipinski definition) is 0. The minimum atomic E-state index is 0.137. The number of alkyl halides is 1. The summed E-state index contributed by atoms with van der Waals surface area (Å²) in [5.74, 6) is 0. The topological polar surface area (TPSA) is 0 Å². The number of benzene rings is 2. The van der Waals surface area contributed by atoms with E-state index in [9.17, 15) is 0 Å². The maximum Gasteiger partial charge on any atom is 0.0647 e. The van der Waals surface area contributed by atoms with Crippen molar-refractivity contribution in [1.29, 1.82) is 0 Å². The van der Waals surface area contributed by atoms with Crippen molar-refractivity contribution in [3.63, 3.8) is 0 Å². The molecule has 0 aliphatic rings. The third kappa shape index (κ3) is 2.85. The van der Waals surface area contributed by atoms with Crippen molar-refractivity contribution in [2.45, 2.75) is 11.8 Å². The molecule has 1 unspecified atom stereocenters. The fourth-order valence-electron chi connectivity index (χ4n) is 1.71. The Balaban J connectivity index is 2.40. The van der Waals surface area contributed by atoms with Crippen molar-refractivity contribution < 1.29 is 0 Å². The molecule has 0 saturated carbocycles. The molecule has 0 nitrogen and oxygen atoms in total. The van der Waals surface area contributed by atoms with Gasteiger partial charge in [0.2, 0.25) is 0 Å². The zero-order chi connectivity index (χ0) is 12.4. The molecule has 0 N–H and O–H groups in total. The van der Waals surface area contributed by atoms with Crippen LogP contribution in [0.15, 0.2) is 42.5 Å². The van der Waals surface area contributed by atoms with Crippen molar-refractivity contribution in [2.24, 2.45) is 0 Å². The van der Waals surface area contributed by atoms with Crippen LogP contribution in [0.5, 0.6) is 0 Å². The van der Waals surface area contributed by atoms with E-state index in [0.29, 0.717) is 0 Å². The first kappa shape index (κ1) is 12.9. The molecule has 0 spiro atoms. The lowest BCUT2D eigenvalue weighted by atomic mass is 10.0. The van der Waals surface area contributed by atoms with Gasteiger partial charge in [0.1, 0.15) is 0 Å². The SMILES string of the molecule is Cc1c(Cl)cccc1C(Br)c1ccc(Cl)cc1. The molecular formula is C14H11BrCl2. The van der Waals surface area contributed by atoms with Crippen LogP contribution in [0.3, 0.4) is 0 Å². The molecule has 0 saturated heterocycles. The average molecular weight is 330 g/mol. The van der Waals surface area contributed by atoms with Gasteiger partial charge in [0.25, 0.3) is 0 Å². The van der Waals surface area contributed by atoms with Gasteiger partial charge >= 0.3 is 0 Å². The van der Waals surface area contributed by atoms with E-state index in [4.69, 9.17) is 23.2 Å². The van der Waals surface area contributed by atoms with Gasteiger partial charge in [-0.25, -0.2) is 0 Å². The summed E-state index contributed by atoms with van der Waals surface area (Å²) in [5, 5.41) is 1.54. The molecule has 0 aliphatic heterocycles. The van der Waals surface area contributed by atoms with E-state index in [1.165, 1.54) is 11.1 Å². The van der Waals surface area contributed by atoms with Crippen LogP contribution in [0.2, 0.25) is 10.0 Å². The molecule has 2 aromatic carbocycles. The molecule has 17 heavy (non-hydrogen) atoms. The van der Waals surface area contributed by atoms with Crippen molar-refractivity contribution in [3.05, 3.63) is 69.2 Å². The van der Waals surface area contributed by atoms with E-state index in [-0.39, 0.29) is 4.83 Å². The van der Waals surface area contributed by atoms with E-state index < -0.39 is 0 Å². The second kappa shape index (κ2) is 5.43. The van der Waals surface area contributed by atoms with Crippen molar-refractivity contribution in [2.75, 3.05) is 0 Å². The molecular weight excluding hydrogens is 319 g/mol. The molecule has 0 radical (unpaired) electrons. The molecule has 0 aliphatic carbocycles. The largest absolute Gasteiger partial charge is 0.0843 e. The summed E-state index contributed by atoms with van der Waals surface area (Å²) >= 11 is 15.7. The van der Waals surface area contributed by atoms with Gasteiger partial charge in [-0.3, -0.25) is 0 Å². The van der Waals surface area contributed by atoms with Crippen LogP contribution in [0.4, 0.5) is 0 Å². The molecule has 1 atom stereocenters. The standard InChI is InChI=1S/C14H11BrCl2/c1-9-12(3-2-4-13(9)17)14(15)10-5-7-11(16)8-6-10/h2-8,14H,1H3. The van der Waals surface area contributed by atoms with Gasteiger partial charge in [0.05, 0.1) is 4.83 Å². The molecule has 0 fully saturated rings. The summed E-state index contributed by atoms with van der Waals surface area (Å²) in [7, 11) is 0. The lowest BCUT2D eigenvalue weighted by Crippen LogP contribution is -1.96. The molecule has 0 heterocycles. The maximum absolute atomic E-state index is 6.13. The highest BCUT2D eigenvalue weighted by molar-refractivity contribution is 9.09. The van der Waals surface area contributed by atoms with Gasteiger partial charge in [-0.05, 0) is 41.8 Å². The third-order valence-corrected chi connectivity index (χ3v) is 4.43. The summed E-state index contributed by atoms with van der Waals surface area (Å²) in [6.45, 7) is 2.03. The smallest absolute Gasteiger partial charge is 0.0647 e. The summed E-state index contributed by atoms with van der Waals surface area (Å²) in [6, 6.07) is 13.8. The van der Waals surface area contributed by atoms with Crippen molar-refractivity contribution in [3.8, 4) is 0 Å². The highest BCUT2D eigenvalue weighted by Gasteiger charge is 2.13. The third-order valence-electron chi connectivity index (χ3n) is 2.75. The molecule has 2 rings (SSSR count). The molecule has 0 amide bonds. The van der Waals surface area contributed by atoms with E-state index in [0.717, 1.165) is 15.6 Å². The lowest BCUT2D eigenvalue weighted by molar-refractivity contribution is 1.14.